The van der Waals surface area contributed by atoms with Crippen molar-refractivity contribution in [3.05, 3.63) is 24.1 Å². The van der Waals surface area contributed by atoms with E-state index in [0.717, 1.165) is 12.8 Å². The molecule has 0 spiro atoms. The van der Waals surface area contributed by atoms with Gasteiger partial charge in [-0.15, -0.1) is 0 Å². The third-order valence-electron chi connectivity index (χ3n) is 1.44. The minimum atomic E-state index is -0.392. The lowest BCUT2D eigenvalue weighted by atomic mass is 10.4. The van der Waals surface area contributed by atoms with Crippen LogP contribution in [0.1, 0.15) is 19.8 Å². The van der Waals surface area contributed by atoms with Crippen LogP contribution in [0.15, 0.2) is 23.4 Å². The van der Waals surface area contributed by atoms with Crippen LogP contribution in [0.3, 0.4) is 0 Å². The SMILES string of the molecule is CCC/C=N/Nc1ncccc1F. The average molecular weight is 181 g/mol. The molecule has 70 valence electrons. The summed E-state index contributed by atoms with van der Waals surface area (Å²) in [4.78, 5) is 3.78. The van der Waals surface area contributed by atoms with E-state index in [1.165, 1.54) is 18.3 Å². The summed E-state index contributed by atoms with van der Waals surface area (Å²) in [5, 5.41) is 3.81. The number of hydrogen-bond acceptors (Lipinski definition) is 3. The first-order valence-electron chi connectivity index (χ1n) is 4.22. The molecular formula is C9H12FN3. The van der Waals surface area contributed by atoms with Crippen LogP contribution in [0, 0.1) is 5.82 Å². The summed E-state index contributed by atoms with van der Waals surface area (Å²) in [5.41, 5.74) is 2.53. The van der Waals surface area contributed by atoms with Gasteiger partial charge < -0.3 is 0 Å². The van der Waals surface area contributed by atoms with Crippen molar-refractivity contribution in [2.24, 2.45) is 5.10 Å². The molecule has 1 aromatic heterocycles. The summed E-state index contributed by atoms with van der Waals surface area (Å²) in [6.45, 7) is 2.05. The third-order valence-corrected chi connectivity index (χ3v) is 1.44. The molecule has 0 saturated heterocycles. The first kappa shape index (κ1) is 9.64. The van der Waals surface area contributed by atoms with Gasteiger partial charge in [-0.2, -0.15) is 5.10 Å². The molecule has 0 aliphatic rings. The van der Waals surface area contributed by atoms with Crippen LogP contribution >= 0.6 is 0 Å². The number of unbranched alkanes of at least 4 members (excludes halogenated alkanes) is 1. The smallest absolute Gasteiger partial charge is 0.182 e. The Kier molecular flexibility index (Phi) is 3.88. The molecule has 0 aliphatic heterocycles. The van der Waals surface area contributed by atoms with Gasteiger partial charge in [0.05, 0.1) is 0 Å². The maximum Gasteiger partial charge on any atom is 0.182 e. The largest absolute Gasteiger partial charge is 0.259 e. The predicted molar refractivity (Wildman–Crippen MR) is 51.2 cm³/mol. The van der Waals surface area contributed by atoms with Crippen LogP contribution in [0.25, 0.3) is 0 Å². The molecule has 0 atom stereocenters. The fraction of sp³-hybridized carbons (Fsp3) is 0.333. The molecule has 4 heteroatoms. The minimum absolute atomic E-state index is 0.162. The van der Waals surface area contributed by atoms with Crippen LogP contribution in [0.4, 0.5) is 10.2 Å². The molecule has 13 heavy (non-hydrogen) atoms. The fourth-order valence-electron chi connectivity index (χ4n) is 0.768. The number of hydrazone groups is 1. The third kappa shape index (κ3) is 3.19. The highest BCUT2D eigenvalue weighted by atomic mass is 19.1. The summed E-state index contributed by atoms with van der Waals surface area (Å²) in [6, 6.07) is 2.88. The number of aromatic nitrogens is 1. The fourth-order valence-corrected chi connectivity index (χ4v) is 0.768. The highest BCUT2D eigenvalue weighted by Gasteiger charge is 1.97. The number of nitrogens with zero attached hydrogens (tertiary/aromatic N) is 2. The average Bonchev–Trinajstić information content (AvgIpc) is 2.15. The van der Waals surface area contributed by atoms with Gasteiger partial charge in [0, 0.05) is 12.4 Å². The maximum absolute atomic E-state index is 12.9. The first-order chi connectivity index (χ1) is 6.34. The van der Waals surface area contributed by atoms with Gasteiger partial charge in [0.15, 0.2) is 11.6 Å². The van der Waals surface area contributed by atoms with Gasteiger partial charge in [-0.25, -0.2) is 9.37 Å². The van der Waals surface area contributed by atoms with Crippen LogP contribution in [0.5, 0.6) is 0 Å². The molecule has 0 aromatic carbocycles. The Morgan fingerprint density at radius 2 is 2.54 bits per heavy atom. The molecule has 1 aromatic rings. The number of halogens is 1. The minimum Gasteiger partial charge on any atom is -0.259 e. The topological polar surface area (TPSA) is 37.3 Å². The molecule has 0 unspecified atom stereocenters. The van der Waals surface area contributed by atoms with Crippen molar-refractivity contribution in [1.82, 2.24) is 4.98 Å². The number of hydrogen-bond donors (Lipinski definition) is 1. The standard InChI is InChI=1S/C9H12FN3/c1-2-3-7-12-13-9-8(10)5-4-6-11-9/h4-7H,2-3H2,1H3,(H,11,13)/b12-7+. The molecule has 0 amide bonds. The van der Waals surface area contributed by atoms with Gasteiger partial charge in [0.2, 0.25) is 0 Å². The van der Waals surface area contributed by atoms with Crippen molar-refractivity contribution in [3.8, 4) is 0 Å². The van der Waals surface area contributed by atoms with E-state index in [9.17, 15) is 4.39 Å². The normalized spacial score (nSPS) is 10.6. The van der Waals surface area contributed by atoms with Crippen LogP contribution in [-0.2, 0) is 0 Å². The molecule has 0 radical (unpaired) electrons. The van der Waals surface area contributed by atoms with Crippen molar-refractivity contribution >= 4 is 12.0 Å². The lowest BCUT2D eigenvalue weighted by Gasteiger charge is -1.98. The van der Waals surface area contributed by atoms with Gasteiger partial charge in [0.1, 0.15) is 0 Å². The van der Waals surface area contributed by atoms with Gasteiger partial charge in [-0.05, 0) is 18.6 Å². The van der Waals surface area contributed by atoms with E-state index in [-0.39, 0.29) is 5.82 Å². The molecule has 3 nitrogen and oxygen atoms in total. The Bertz CT molecular complexity index is 286. The Morgan fingerprint density at radius 1 is 1.69 bits per heavy atom. The second-order valence-corrected chi connectivity index (χ2v) is 2.55. The Morgan fingerprint density at radius 3 is 3.23 bits per heavy atom. The highest BCUT2D eigenvalue weighted by Crippen LogP contribution is 2.07. The maximum atomic E-state index is 12.9. The lowest BCUT2D eigenvalue weighted by Crippen LogP contribution is -1.95. The molecule has 0 saturated carbocycles. The van der Waals surface area contributed by atoms with Crippen molar-refractivity contribution < 1.29 is 4.39 Å². The molecule has 0 bridgehead atoms. The van der Waals surface area contributed by atoms with E-state index in [1.54, 1.807) is 6.21 Å². The predicted octanol–water partition coefficient (Wildman–Crippen LogP) is 2.42. The molecule has 1 rings (SSSR count). The van der Waals surface area contributed by atoms with Crippen LogP contribution in [0.2, 0.25) is 0 Å². The molecule has 0 aliphatic carbocycles. The van der Waals surface area contributed by atoms with E-state index in [4.69, 9.17) is 0 Å². The van der Waals surface area contributed by atoms with Crippen molar-refractivity contribution in [2.45, 2.75) is 19.8 Å². The van der Waals surface area contributed by atoms with Gasteiger partial charge in [-0.3, -0.25) is 5.43 Å². The molecule has 1 N–H and O–H groups in total. The number of rotatable bonds is 4. The first-order valence-corrected chi connectivity index (χ1v) is 4.22. The van der Waals surface area contributed by atoms with E-state index in [1.807, 2.05) is 6.92 Å². The number of nitrogens with one attached hydrogen (secondary N) is 1. The van der Waals surface area contributed by atoms with Gasteiger partial charge >= 0.3 is 0 Å². The number of anilines is 1. The van der Waals surface area contributed by atoms with Crippen molar-refractivity contribution in [1.29, 1.82) is 0 Å². The zero-order valence-electron chi connectivity index (χ0n) is 7.50. The van der Waals surface area contributed by atoms with Crippen LogP contribution in [-0.4, -0.2) is 11.2 Å². The van der Waals surface area contributed by atoms with Gasteiger partial charge in [0.25, 0.3) is 0 Å². The zero-order valence-corrected chi connectivity index (χ0v) is 7.50. The second-order valence-electron chi connectivity index (χ2n) is 2.55. The lowest BCUT2D eigenvalue weighted by molar-refractivity contribution is 0.625. The van der Waals surface area contributed by atoms with Crippen molar-refractivity contribution in [3.63, 3.8) is 0 Å². The second kappa shape index (κ2) is 5.24. The molecule has 0 fully saturated rings. The molecule has 1 heterocycles. The Labute approximate surface area is 76.7 Å². The van der Waals surface area contributed by atoms with Gasteiger partial charge in [-0.1, -0.05) is 13.3 Å². The summed E-state index contributed by atoms with van der Waals surface area (Å²) in [6.07, 6.45) is 5.12. The Balaban J connectivity index is 2.49. The van der Waals surface area contributed by atoms with Crippen molar-refractivity contribution in [2.75, 3.05) is 5.43 Å². The van der Waals surface area contributed by atoms with E-state index in [0.29, 0.717) is 0 Å². The molecular weight excluding hydrogens is 169 g/mol. The summed E-state index contributed by atoms with van der Waals surface area (Å²) in [7, 11) is 0. The monoisotopic (exact) mass is 181 g/mol. The highest BCUT2D eigenvalue weighted by molar-refractivity contribution is 5.58. The quantitative estimate of drug-likeness (QED) is 0.572. The summed E-state index contributed by atoms with van der Waals surface area (Å²) < 4.78 is 12.9. The van der Waals surface area contributed by atoms with E-state index in [2.05, 4.69) is 15.5 Å². The number of pyridine rings is 1. The summed E-state index contributed by atoms with van der Waals surface area (Å²) in [5.74, 6) is -0.231. The summed E-state index contributed by atoms with van der Waals surface area (Å²) >= 11 is 0. The van der Waals surface area contributed by atoms with Crippen LogP contribution < -0.4 is 5.43 Å². The Hall–Kier alpha value is -1.45. The zero-order chi connectivity index (χ0) is 9.52. The van der Waals surface area contributed by atoms with E-state index < -0.39 is 5.82 Å². The van der Waals surface area contributed by atoms with E-state index >= 15 is 0 Å².